The third-order valence-electron chi connectivity index (χ3n) is 11.5. The topological polar surface area (TPSA) is 56.5 Å². The minimum absolute atomic E-state index is 0.274. The van der Waals surface area contributed by atoms with Gasteiger partial charge in [0.25, 0.3) is 0 Å². The van der Waals surface area contributed by atoms with Crippen LogP contribution in [0, 0.1) is 0 Å². The molecule has 11 rings (SSSR count). The molecule has 0 saturated carbocycles. The first kappa shape index (κ1) is 32.2. The molecule has 0 bridgehead atoms. The monoisotopic (exact) mass is 717 g/mol. The second-order valence-corrected chi connectivity index (χ2v) is 15.2. The van der Waals surface area contributed by atoms with E-state index < -0.39 is 0 Å². The van der Waals surface area contributed by atoms with E-state index in [1.807, 2.05) is 18.3 Å². The van der Waals surface area contributed by atoms with Crippen LogP contribution >= 0.6 is 0 Å². The number of pyridine rings is 1. The van der Waals surface area contributed by atoms with Gasteiger partial charge < -0.3 is 0 Å². The lowest BCUT2D eigenvalue weighted by atomic mass is 9.82. The normalized spacial score (nSPS) is 13.0. The van der Waals surface area contributed by atoms with Gasteiger partial charge in [0.05, 0.1) is 5.52 Å². The van der Waals surface area contributed by atoms with Crippen LogP contribution in [0.3, 0.4) is 0 Å². The van der Waals surface area contributed by atoms with Gasteiger partial charge in [0.15, 0.2) is 17.5 Å². The molecule has 264 valence electrons. The second-order valence-electron chi connectivity index (χ2n) is 15.2. The van der Waals surface area contributed by atoms with Gasteiger partial charge in [-0.3, -0.25) is 4.57 Å². The van der Waals surface area contributed by atoms with Crippen LogP contribution < -0.4 is 0 Å². The van der Waals surface area contributed by atoms with Crippen molar-refractivity contribution in [3.8, 4) is 62.1 Å². The zero-order valence-electron chi connectivity index (χ0n) is 31.0. The maximum atomic E-state index is 5.19. The summed E-state index contributed by atoms with van der Waals surface area (Å²) in [6.07, 6.45) is 1.88. The molecular formula is C51H35N5. The summed E-state index contributed by atoms with van der Waals surface area (Å²) in [5, 5.41) is 4.68. The number of fused-ring (bicyclic) bond motifs is 7. The molecule has 7 aromatic carbocycles. The van der Waals surface area contributed by atoms with E-state index in [2.05, 4.69) is 176 Å². The number of benzene rings is 7. The summed E-state index contributed by atoms with van der Waals surface area (Å²) in [6, 6.07) is 60.0. The summed E-state index contributed by atoms with van der Waals surface area (Å²) in [6.45, 7) is 4.65. The molecule has 0 aliphatic heterocycles. The van der Waals surface area contributed by atoms with Crippen molar-refractivity contribution in [3.05, 3.63) is 187 Å². The molecule has 5 heteroatoms. The van der Waals surface area contributed by atoms with Crippen LogP contribution in [0.4, 0.5) is 0 Å². The molecule has 0 radical (unpaired) electrons. The standard InChI is InChI=1S/C51H35N5/c1-51(2)44-30-38(23-25-40(44)41-26-24-39(31-45(41)51)56-46-20-9-8-18-42(46)43-19-11-27-52-50(43)56)49-54-47(36-17-10-16-35(28-36)32-12-4-3-5-13-32)53-48(55-49)37-22-21-33-14-6-7-15-34(33)29-37/h3-31H,1-2H3. The fraction of sp³-hybridized carbons (Fsp3) is 0.0588. The maximum absolute atomic E-state index is 5.19. The van der Waals surface area contributed by atoms with E-state index in [-0.39, 0.29) is 5.41 Å². The predicted octanol–water partition coefficient (Wildman–Crippen LogP) is 12.5. The Labute approximate surface area is 324 Å². The van der Waals surface area contributed by atoms with Crippen molar-refractivity contribution in [1.29, 1.82) is 0 Å². The SMILES string of the molecule is CC1(C)c2cc(-c3nc(-c4cccc(-c5ccccc5)c4)nc(-c4ccc5ccccc5c4)n3)ccc2-c2ccc(-n3c4ccccc4c4cccnc43)cc21. The Hall–Kier alpha value is -7.24. The molecule has 0 amide bonds. The van der Waals surface area contributed by atoms with Gasteiger partial charge in [0.1, 0.15) is 5.65 Å². The molecule has 1 aliphatic carbocycles. The highest BCUT2D eigenvalue weighted by Gasteiger charge is 2.36. The number of nitrogens with zero attached hydrogens (tertiary/aromatic N) is 5. The van der Waals surface area contributed by atoms with Gasteiger partial charge in [-0.2, -0.15) is 0 Å². The molecule has 1 aliphatic rings. The highest BCUT2D eigenvalue weighted by atomic mass is 15.0. The first-order valence-electron chi connectivity index (χ1n) is 19.1. The molecule has 0 atom stereocenters. The highest BCUT2D eigenvalue weighted by molar-refractivity contribution is 6.08. The van der Waals surface area contributed by atoms with E-state index in [1.54, 1.807) is 0 Å². The molecule has 0 N–H and O–H groups in total. The fourth-order valence-electron chi connectivity index (χ4n) is 8.62. The number of hydrogen-bond acceptors (Lipinski definition) is 4. The molecule has 0 saturated heterocycles. The second kappa shape index (κ2) is 12.4. The van der Waals surface area contributed by atoms with Gasteiger partial charge >= 0.3 is 0 Å². The minimum Gasteiger partial charge on any atom is -0.294 e. The van der Waals surface area contributed by atoms with E-state index in [0.717, 1.165) is 55.4 Å². The number of aromatic nitrogens is 5. The van der Waals surface area contributed by atoms with Crippen LogP contribution in [-0.2, 0) is 5.41 Å². The molecule has 3 heterocycles. The van der Waals surface area contributed by atoms with Gasteiger partial charge in [-0.25, -0.2) is 19.9 Å². The summed E-state index contributed by atoms with van der Waals surface area (Å²) < 4.78 is 2.29. The summed E-state index contributed by atoms with van der Waals surface area (Å²) in [7, 11) is 0. The Bertz CT molecular complexity index is 3120. The van der Waals surface area contributed by atoms with Crippen molar-refractivity contribution in [2.45, 2.75) is 19.3 Å². The molecule has 0 fully saturated rings. The van der Waals surface area contributed by atoms with Crippen molar-refractivity contribution in [3.63, 3.8) is 0 Å². The Morgan fingerprint density at radius 3 is 1.86 bits per heavy atom. The molecule has 0 spiro atoms. The third kappa shape index (κ3) is 5.09. The van der Waals surface area contributed by atoms with Gasteiger partial charge in [0.2, 0.25) is 0 Å². The smallest absolute Gasteiger partial charge is 0.164 e. The van der Waals surface area contributed by atoms with Crippen molar-refractivity contribution in [2.75, 3.05) is 0 Å². The van der Waals surface area contributed by atoms with Crippen molar-refractivity contribution in [1.82, 2.24) is 24.5 Å². The average Bonchev–Trinajstić information content (AvgIpc) is 3.71. The lowest BCUT2D eigenvalue weighted by molar-refractivity contribution is 0.660. The predicted molar refractivity (Wildman–Crippen MR) is 229 cm³/mol. The molecule has 56 heavy (non-hydrogen) atoms. The lowest BCUT2D eigenvalue weighted by Crippen LogP contribution is -2.15. The number of rotatable bonds is 5. The summed E-state index contributed by atoms with van der Waals surface area (Å²) in [4.78, 5) is 20.3. The highest BCUT2D eigenvalue weighted by Crippen LogP contribution is 2.50. The molecule has 10 aromatic rings. The average molecular weight is 718 g/mol. The van der Waals surface area contributed by atoms with Crippen LogP contribution in [0.25, 0.3) is 94.8 Å². The first-order valence-corrected chi connectivity index (χ1v) is 19.1. The summed E-state index contributed by atoms with van der Waals surface area (Å²) in [5.41, 5.74) is 13.1. The largest absolute Gasteiger partial charge is 0.294 e. The molecule has 0 unspecified atom stereocenters. The van der Waals surface area contributed by atoms with Crippen molar-refractivity contribution in [2.24, 2.45) is 0 Å². The zero-order valence-corrected chi connectivity index (χ0v) is 31.0. The van der Waals surface area contributed by atoms with Crippen LogP contribution in [-0.4, -0.2) is 24.5 Å². The Morgan fingerprint density at radius 1 is 0.429 bits per heavy atom. The maximum Gasteiger partial charge on any atom is 0.164 e. The Balaban J connectivity index is 1.04. The summed E-state index contributed by atoms with van der Waals surface area (Å²) in [5.74, 6) is 1.94. The molecular weight excluding hydrogens is 683 g/mol. The zero-order chi connectivity index (χ0) is 37.4. The quantitative estimate of drug-likeness (QED) is 0.178. The van der Waals surface area contributed by atoms with Gasteiger partial charge in [-0.15, -0.1) is 0 Å². The Morgan fingerprint density at radius 2 is 1.04 bits per heavy atom. The molecule has 5 nitrogen and oxygen atoms in total. The van der Waals surface area contributed by atoms with Gasteiger partial charge in [0, 0.05) is 44.8 Å². The number of hydrogen-bond donors (Lipinski definition) is 0. The van der Waals surface area contributed by atoms with E-state index >= 15 is 0 Å². The lowest BCUT2D eigenvalue weighted by Gasteiger charge is -2.23. The molecule has 3 aromatic heterocycles. The van der Waals surface area contributed by atoms with E-state index in [0.29, 0.717) is 17.5 Å². The fourth-order valence-corrected chi connectivity index (χ4v) is 8.62. The minimum atomic E-state index is -0.274. The summed E-state index contributed by atoms with van der Waals surface area (Å²) >= 11 is 0. The third-order valence-corrected chi connectivity index (χ3v) is 11.5. The van der Waals surface area contributed by atoms with Crippen LogP contribution in [0.15, 0.2) is 176 Å². The van der Waals surface area contributed by atoms with E-state index in [9.17, 15) is 0 Å². The van der Waals surface area contributed by atoms with E-state index in [4.69, 9.17) is 19.9 Å². The van der Waals surface area contributed by atoms with Crippen LogP contribution in [0.2, 0.25) is 0 Å². The van der Waals surface area contributed by atoms with Crippen LogP contribution in [0.1, 0.15) is 25.0 Å². The van der Waals surface area contributed by atoms with Crippen molar-refractivity contribution < 1.29 is 0 Å². The van der Waals surface area contributed by atoms with Crippen LogP contribution in [0.5, 0.6) is 0 Å². The first-order chi connectivity index (χ1) is 27.5. The number of para-hydroxylation sites is 1. The van der Waals surface area contributed by atoms with Gasteiger partial charge in [-0.1, -0.05) is 135 Å². The van der Waals surface area contributed by atoms with Gasteiger partial charge in [-0.05, 0) is 92.7 Å². The van der Waals surface area contributed by atoms with Crippen molar-refractivity contribution >= 4 is 32.7 Å². The van der Waals surface area contributed by atoms with E-state index in [1.165, 1.54) is 33.0 Å². The Kier molecular flexibility index (Phi) is 7.13.